The summed E-state index contributed by atoms with van der Waals surface area (Å²) in [5.41, 5.74) is 2.27. The van der Waals surface area contributed by atoms with E-state index in [9.17, 15) is 13.2 Å². The molecule has 1 aliphatic heterocycles. The second kappa shape index (κ2) is 6.72. The summed E-state index contributed by atoms with van der Waals surface area (Å²) in [6.07, 6.45) is 2.57. The molecule has 1 amide bonds. The average Bonchev–Trinajstić information content (AvgIpc) is 2.90. The molecule has 7 heteroatoms. The Hall–Kier alpha value is -1.99. The van der Waals surface area contributed by atoms with E-state index in [-0.39, 0.29) is 16.8 Å². The number of hydrogen-bond donors (Lipinski definition) is 1. The van der Waals surface area contributed by atoms with E-state index in [1.807, 2.05) is 37.4 Å². The van der Waals surface area contributed by atoms with Crippen molar-refractivity contribution >= 4 is 39.1 Å². The lowest BCUT2D eigenvalue weighted by molar-refractivity contribution is -0.114. The number of rotatable bonds is 4. The van der Waals surface area contributed by atoms with Gasteiger partial charge in [-0.15, -0.1) is 11.8 Å². The number of thioether (sulfide) groups is 1. The maximum absolute atomic E-state index is 13.3. The Labute approximate surface area is 152 Å². The maximum atomic E-state index is 13.3. The van der Waals surface area contributed by atoms with Gasteiger partial charge in [0.1, 0.15) is 0 Å². The molecule has 0 saturated heterocycles. The van der Waals surface area contributed by atoms with E-state index in [1.54, 1.807) is 12.1 Å². The number of amides is 1. The predicted octanol–water partition coefficient (Wildman–Crippen LogP) is 3.51. The van der Waals surface area contributed by atoms with E-state index in [4.69, 9.17) is 0 Å². The third kappa shape index (κ3) is 3.26. The number of sulfonamides is 1. The number of carbonyl (C=O) groups excluding carboxylic acids is 1. The first-order valence-electron chi connectivity index (χ1n) is 7.92. The molecule has 2 aromatic carbocycles. The smallest absolute Gasteiger partial charge is 0.264 e. The number of carbonyl (C=O) groups is 1. The zero-order chi connectivity index (χ0) is 18.2. The normalized spacial score (nSPS) is 16.6. The highest BCUT2D eigenvalue weighted by molar-refractivity contribution is 7.98. The predicted molar refractivity (Wildman–Crippen MR) is 102 cm³/mol. The SMILES string of the molecule is CSc1ccc(S(=O)(=O)N2c3ccccc3CC2C)cc1NC(C)=O. The molecule has 132 valence electrons. The molecule has 25 heavy (non-hydrogen) atoms. The highest BCUT2D eigenvalue weighted by atomic mass is 32.2. The van der Waals surface area contributed by atoms with Gasteiger partial charge in [-0.05, 0) is 49.4 Å². The molecule has 0 fully saturated rings. The fourth-order valence-electron chi connectivity index (χ4n) is 3.15. The Morgan fingerprint density at radius 3 is 2.64 bits per heavy atom. The van der Waals surface area contributed by atoms with Crippen LogP contribution in [0.1, 0.15) is 19.4 Å². The number of anilines is 2. The molecule has 0 aliphatic carbocycles. The van der Waals surface area contributed by atoms with Crippen molar-refractivity contribution < 1.29 is 13.2 Å². The van der Waals surface area contributed by atoms with Crippen LogP contribution in [0.4, 0.5) is 11.4 Å². The van der Waals surface area contributed by atoms with E-state index < -0.39 is 10.0 Å². The van der Waals surface area contributed by atoms with Crippen LogP contribution in [0, 0.1) is 0 Å². The van der Waals surface area contributed by atoms with Crippen LogP contribution in [-0.2, 0) is 21.2 Å². The molecule has 0 bridgehead atoms. The Bertz CT molecular complexity index is 926. The van der Waals surface area contributed by atoms with Gasteiger partial charge < -0.3 is 5.32 Å². The molecule has 2 aromatic rings. The topological polar surface area (TPSA) is 66.5 Å². The zero-order valence-electron chi connectivity index (χ0n) is 14.3. The van der Waals surface area contributed by atoms with Crippen molar-refractivity contribution in [2.75, 3.05) is 15.9 Å². The van der Waals surface area contributed by atoms with Gasteiger partial charge in [-0.1, -0.05) is 18.2 Å². The molecular formula is C18H20N2O3S2. The van der Waals surface area contributed by atoms with Gasteiger partial charge in [-0.25, -0.2) is 8.42 Å². The summed E-state index contributed by atoms with van der Waals surface area (Å²) < 4.78 is 28.0. The molecule has 0 aromatic heterocycles. The maximum Gasteiger partial charge on any atom is 0.264 e. The van der Waals surface area contributed by atoms with Crippen molar-refractivity contribution in [1.29, 1.82) is 0 Å². The minimum absolute atomic E-state index is 0.146. The number of hydrogen-bond acceptors (Lipinski definition) is 4. The van der Waals surface area contributed by atoms with Gasteiger partial charge >= 0.3 is 0 Å². The first-order valence-corrected chi connectivity index (χ1v) is 10.6. The number of nitrogens with one attached hydrogen (secondary N) is 1. The highest BCUT2D eigenvalue weighted by Gasteiger charge is 2.36. The van der Waals surface area contributed by atoms with Crippen molar-refractivity contribution in [2.24, 2.45) is 0 Å². The Morgan fingerprint density at radius 2 is 1.96 bits per heavy atom. The molecule has 0 radical (unpaired) electrons. The van der Waals surface area contributed by atoms with Crippen molar-refractivity contribution in [3.05, 3.63) is 48.0 Å². The van der Waals surface area contributed by atoms with Gasteiger partial charge in [-0.3, -0.25) is 9.10 Å². The average molecular weight is 377 g/mol. The third-order valence-corrected chi connectivity index (χ3v) is 6.90. The molecule has 0 spiro atoms. The lowest BCUT2D eigenvalue weighted by Gasteiger charge is -2.25. The van der Waals surface area contributed by atoms with E-state index in [0.29, 0.717) is 12.1 Å². The number of para-hydroxylation sites is 1. The fraction of sp³-hybridized carbons (Fsp3) is 0.278. The first-order chi connectivity index (χ1) is 11.8. The van der Waals surface area contributed by atoms with Crippen LogP contribution in [0.5, 0.6) is 0 Å². The van der Waals surface area contributed by atoms with Crippen molar-refractivity contribution in [3.8, 4) is 0 Å². The van der Waals surface area contributed by atoms with Crippen LogP contribution in [0.3, 0.4) is 0 Å². The summed E-state index contributed by atoms with van der Waals surface area (Å²) in [6.45, 7) is 3.31. The monoisotopic (exact) mass is 376 g/mol. The summed E-state index contributed by atoms with van der Waals surface area (Å²) in [6, 6.07) is 12.3. The van der Waals surface area contributed by atoms with Crippen LogP contribution < -0.4 is 9.62 Å². The van der Waals surface area contributed by atoms with Crippen molar-refractivity contribution in [3.63, 3.8) is 0 Å². The van der Waals surface area contributed by atoms with E-state index in [1.165, 1.54) is 29.1 Å². The third-order valence-electron chi connectivity index (χ3n) is 4.18. The molecule has 1 N–H and O–H groups in total. The summed E-state index contributed by atoms with van der Waals surface area (Å²) in [4.78, 5) is 12.4. The Morgan fingerprint density at radius 1 is 1.24 bits per heavy atom. The Kier molecular flexibility index (Phi) is 4.79. The van der Waals surface area contributed by atoms with Crippen molar-refractivity contribution in [1.82, 2.24) is 0 Å². The number of benzene rings is 2. The molecule has 5 nitrogen and oxygen atoms in total. The van der Waals surface area contributed by atoms with Gasteiger partial charge in [0.2, 0.25) is 5.91 Å². The summed E-state index contributed by atoms with van der Waals surface area (Å²) >= 11 is 1.45. The lowest BCUT2D eigenvalue weighted by atomic mass is 10.1. The van der Waals surface area contributed by atoms with Gasteiger partial charge in [0.25, 0.3) is 10.0 Å². The van der Waals surface area contributed by atoms with E-state index >= 15 is 0 Å². The molecule has 1 heterocycles. The minimum Gasteiger partial charge on any atom is -0.325 e. The first kappa shape index (κ1) is 17.8. The second-order valence-corrected chi connectivity index (χ2v) is 8.69. The standard InChI is InChI=1S/C18H20N2O3S2/c1-12-10-14-6-4-5-7-17(14)20(12)25(22,23)15-8-9-18(24-3)16(11-15)19-13(2)21/h4-9,11-12H,10H2,1-3H3,(H,19,21). The minimum atomic E-state index is -3.71. The molecule has 1 atom stereocenters. The van der Waals surface area contributed by atoms with Crippen LogP contribution in [0.15, 0.2) is 52.3 Å². The van der Waals surface area contributed by atoms with Gasteiger partial charge in [0, 0.05) is 17.9 Å². The summed E-state index contributed by atoms with van der Waals surface area (Å²) in [5.74, 6) is -0.232. The van der Waals surface area contributed by atoms with E-state index in [0.717, 1.165) is 16.1 Å². The molecule has 1 unspecified atom stereocenters. The zero-order valence-corrected chi connectivity index (χ0v) is 15.9. The lowest BCUT2D eigenvalue weighted by Crippen LogP contribution is -2.35. The summed E-state index contributed by atoms with van der Waals surface area (Å²) in [7, 11) is -3.71. The number of fused-ring (bicyclic) bond motifs is 1. The summed E-state index contributed by atoms with van der Waals surface area (Å²) in [5, 5.41) is 2.72. The van der Waals surface area contributed by atoms with Crippen molar-refractivity contribution in [2.45, 2.75) is 36.1 Å². The molecule has 3 rings (SSSR count). The quantitative estimate of drug-likeness (QED) is 0.830. The second-order valence-electron chi connectivity index (χ2n) is 6.03. The number of nitrogens with zero attached hydrogens (tertiary/aromatic N) is 1. The van der Waals surface area contributed by atoms with Gasteiger partial charge in [0.15, 0.2) is 0 Å². The van der Waals surface area contributed by atoms with E-state index in [2.05, 4.69) is 5.32 Å². The highest BCUT2D eigenvalue weighted by Crippen LogP contribution is 2.38. The molecule has 1 aliphatic rings. The fourth-order valence-corrected chi connectivity index (χ4v) is 5.41. The van der Waals surface area contributed by atoms with Crippen LogP contribution in [0.2, 0.25) is 0 Å². The van der Waals surface area contributed by atoms with Crippen LogP contribution in [0.25, 0.3) is 0 Å². The molecule has 0 saturated carbocycles. The largest absolute Gasteiger partial charge is 0.325 e. The Balaban J connectivity index is 2.08. The van der Waals surface area contributed by atoms with Crippen LogP contribution in [-0.4, -0.2) is 26.6 Å². The van der Waals surface area contributed by atoms with Gasteiger partial charge in [0.05, 0.1) is 16.3 Å². The molecular weight excluding hydrogens is 356 g/mol. The van der Waals surface area contributed by atoms with Crippen LogP contribution >= 0.6 is 11.8 Å². The van der Waals surface area contributed by atoms with Gasteiger partial charge in [-0.2, -0.15) is 0 Å².